The summed E-state index contributed by atoms with van der Waals surface area (Å²) in [6, 6.07) is 3.67. The van der Waals surface area contributed by atoms with Crippen LogP contribution in [-0.4, -0.2) is 46.0 Å². The van der Waals surface area contributed by atoms with Crippen molar-refractivity contribution in [3.63, 3.8) is 0 Å². The molecule has 1 aromatic rings. The highest BCUT2D eigenvalue weighted by molar-refractivity contribution is 7.80. The molecule has 1 atom stereocenters. The zero-order valence-electron chi connectivity index (χ0n) is 14.9. The van der Waals surface area contributed by atoms with Crippen LogP contribution in [0.15, 0.2) is 18.2 Å². The molecule has 1 fully saturated rings. The Labute approximate surface area is 153 Å². The molecular formula is C18H25F2N3OS. The van der Waals surface area contributed by atoms with E-state index in [4.69, 9.17) is 12.2 Å². The van der Waals surface area contributed by atoms with E-state index in [-0.39, 0.29) is 18.0 Å². The second-order valence-corrected chi connectivity index (χ2v) is 6.88. The number of hydrogen-bond donors (Lipinski definition) is 1. The lowest BCUT2D eigenvalue weighted by atomic mass is 10.0. The van der Waals surface area contributed by atoms with Crippen molar-refractivity contribution in [3.8, 4) is 0 Å². The average Bonchev–Trinajstić information content (AvgIpc) is 2.54. The standard InChI is InChI=1S/C18H25F2N3OS/c1-4-12(2)23(17-5-7-22(8-6-17)13(3)24)18(25)21-16-10-14(19)9-15(20)11-16/h9-12,17H,4-8H2,1-3H3,(H,21,25)/t12-/m1/s1. The van der Waals surface area contributed by atoms with Crippen LogP contribution >= 0.6 is 12.2 Å². The van der Waals surface area contributed by atoms with Gasteiger partial charge in [0.05, 0.1) is 0 Å². The molecule has 0 radical (unpaired) electrons. The van der Waals surface area contributed by atoms with E-state index < -0.39 is 11.6 Å². The summed E-state index contributed by atoms with van der Waals surface area (Å²) in [5.41, 5.74) is 0.303. The molecule has 0 unspecified atom stereocenters. The number of rotatable bonds is 4. The van der Waals surface area contributed by atoms with Gasteiger partial charge in [0.25, 0.3) is 0 Å². The average molecular weight is 369 g/mol. The number of hydrogen-bond acceptors (Lipinski definition) is 2. The Bertz CT molecular complexity index is 612. The Morgan fingerprint density at radius 3 is 2.36 bits per heavy atom. The second kappa shape index (κ2) is 8.56. The summed E-state index contributed by atoms with van der Waals surface area (Å²) in [4.78, 5) is 15.5. The number of benzene rings is 1. The largest absolute Gasteiger partial charge is 0.343 e. The first kappa shape index (κ1) is 19.6. The van der Waals surface area contributed by atoms with Crippen molar-refractivity contribution in [3.05, 3.63) is 29.8 Å². The van der Waals surface area contributed by atoms with E-state index >= 15 is 0 Å². The van der Waals surface area contributed by atoms with E-state index in [9.17, 15) is 13.6 Å². The van der Waals surface area contributed by atoms with E-state index in [1.54, 1.807) is 6.92 Å². The monoisotopic (exact) mass is 369 g/mol. The molecule has 4 nitrogen and oxygen atoms in total. The van der Waals surface area contributed by atoms with Crippen LogP contribution < -0.4 is 5.32 Å². The predicted octanol–water partition coefficient (Wildman–Crippen LogP) is 3.77. The van der Waals surface area contributed by atoms with Crippen molar-refractivity contribution in [2.24, 2.45) is 0 Å². The zero-order valence-corrected chi connectivity index (χ0v) is 15.7. The fraction of sp³-hybridized carbons (Fsp3) is 0.556. The molecule has 1 heterocycles. The van der Waals surface area contributed by atoms with Gasteiger partial charge in [-0.25, -0.2) is 8.78 Å². The number of anilines is 1. The maximum absolute atomic E-state index is 13.4. The third kappa shape index (κ3) is 5.11. The topological polar surface area (TPSA) is 35.6 Å². The highest BCUT2D eigenvalue weighted by Gasteiger charge is 2.29. The number of carbonyl (C=O) groups excluding carboxylic acids is 1. The number of likely N-dealkylation sites (tertiary alicyclic amines) is 1. The van der Waals surface area contributed by atoms with Crippen LogP contribution in [-0.2, 0) is 4.79 Å². The van der Waals surface area contributed by atoms with Crippen LogP contribution in [0, 0.1) is 11.6 Å². The quantitative estimate of drug-likeness (QED) is 0.820. The Morgan fingerprint density at radius 2 is 1.88 bits per heavy atom. The second-order valence-electron chi connectivity index (χ2n) is 6.49. The summed E-state index contributed by atoms with van der Waals surface area (Å²) in [6.45, 7) is 7.13. The molecule has 1 aliphatic heterocycles. The van der Waals surface area contributed by atoms with E-state index in [1.165, 1.54) is 12.1 Å². The lowest BCUT2D eigenvalue weighted by molar-refractivity contribution is -0.130. The van der Waals surface area contributed by atoms with Crippen molar-refractivity contribution in [2.75, 3.05) is 18.4 Å². The first-order valence-corrected chi connectivity index (χ1v) is 9.03. The molecule has 1 saturated heterocycles. The minimum Gasteiger partial charge on any atom is -0.343 e. The van der Waals surface area contributed by atoms with Crippen LogP contribution in [0.4, 0.5) is 14.5 Å². The van der Waals surface area contributed by atoms with E-state index in [0.717, 1.165) is 25.3 Å². The van der Waals surface area contributed by atoms with Crippen molar-refractivity contribution in [2.45, 2.75) is 52.1 Å². The maximum atomic E-state index is 13.4. The van der Waals surface area contributed by atoms with Gasteiger partial charge < -0.3 is 15.1 Å². The van der Waals surface area contributed by atoms with Crippen LogP contribution in [0.1, 0.15) is 40.0 Å². The third-order valence-corrected chi connectivity index (χ3v) is 5.03. The number of halogens is 2. The summed E-state index contributed by atoms with van der Waals surface area (Å²) in [6.07, 6.45) is 2.54. The number of nitrogens with one attached hydrogen (secondary N) is 1. The number of thiocarbonyl (C=S) groups is 1. The lowest BCUT2D eigenvalue weighted by Gasteiger charge is -2.42. The van der Waals surface area contributed by atoms with Gasteiger partial charge in [-0.15, -0.1) is 0 Å². The molecule has 1 amide bonds. The molecule has 25 heavy (non-hydrogen) atoms. The van der Waals surface area contributed by atoms with Gasteiger partial charge in [0.1, 0.15) is 11.6 Å². The van der Waals surface area contributed by atoms with Gasteiger partial charge in [-0.1, -0.05) is 6.92 Å². The molecule has 7 heteroatoms. The molecule has 2 rings (SSSR count). The highest BCUT2D eigenvalue weighted by atomic mass is 32.1. The Balaban J connectivity index is 2.11. The minimum atomic E-state index is -0.643. The Hall–Kier alpha value is -1.76. The smallest absolute Gasteiger partial charge is 0.219 e. The van der Waals surface area contributed by atoms with Crippen LogP contribution in [0.2, 0.25) is 0 Å². The molecule has 1 aliphatic rings. The number of carbonyl (C=O) groups is 1. The first-order chi connectivity index (χ1) is 11.8. The molecule has 0 aliphatic carbocycles. The Morgan fingerprint density at radius 1 is 1.32 bits per heavy atom. The molecule has 0 bridgehead atoms. The van der Waals surface area contributed by atoms with Crippen LogP contribution in [0.3, 0.4) is 0 Å². The van der Waals surface area contributed by atoms with Gasteiger partial charge in [0, 0.05) is 43.9 Å². The maximum Gasteiger partial charge on any atom is 0.219 e. The van der Waals surface area contributed by atoms with E-state index in [0.29, 0.717) is 23.9 Å². The van der Waals surface area contributed by atoms with Gasteiger partial charge in [-0.3, -0.25) is 4.79 Å². The summed E-state index contributed by atoms with van der Waals surface area (Å²) >= 11 is 5.54. The SMILES string of the molecule is CC[C@@H](C)N(C(=S)Nc1cc(F)cc(F)c1)C1CCN(C(C)=O)CC1. The minimum absolute atomic E-state index is 0.0875. The summed E-state index contributed by atoms with van der Waals surface area (Å²) < 4.78 is 26.8. The molecule has 0 spiro atoms. The number of amides is 1. The van der Waals surface area contributed by atoms with Crippen molar-refractivity contribution < 1.29 is 13.6 Å². The van der Waals surface area contributed by atoms with Gasteiger partial charge >= 0.3 is 0 Å². The zero-order chi connectivity index (χ0) is 18.6. The molecule has 1 N–H and O–H groups in total. The summed E-state index contributed by atoms with van der Waals surface area (Å²) in [7, 11) is 0. The van der Waals surface area contributed by atoms with Gasteiger partial charge in [0.15, 0.2) is 5.11 Å². The number of nitrogens with zero attached hydrogens (tertiary/aromatic N) is 2. The lowest BCUT2D eigenvalue weighted by Crippen LogP contribution is -2.52. The molecular weight excluding hydrogens is 344 g/mol. The van der Waals surface area contributed by atoms with Crippen molar-refractivity contribution in [1.82, 2.24) is 9.80 Å². The normalized spacial score (nSPS) is 16.4. The van der Waals surface area contributed by atoms with Crippen molar-refractivity contribution >= 4 is 28.9 Å². The highest BCUT2D eigenvalue weighted by Crippen LogP contribution is 2.22. The van der Waals surface area contributed by atoms with Gasteiger partial charge in [-0.05, 0) is 50.5 Å². The van der Waals surface area contributed by atoms with Gasteiger partial charge in [-0.2, -0.15) is 0 Å². The summed E-state index contributed by atoms with van der Waals surface area (Å²) in [5, 5.41) is 3.43. The van der Waals surface area contributed by atoms with Crippen LogP contribution in [0.5, 0.6) is 0 Å². The first-order valence-electron chi connectivity index (χ1n) is 8.62. The third-order valence-electron chi connectivity index (χ3n) is 4.72. The number of piperidine rings is 1. The predicted molar refractivity (Wildman–Crippen MR) is 99.4 cm³/mol. The fourth-order valence-corrected chi connectivity index (χ4v) is 3.64. The van der Waals surface area contributed by atoms with Crippen molar-refractivity contribution in [1.29, 1.82) is 0 Å². The summed E-state index contributed by atoms with van der Waals surface area (Å²) in [5.74, 6) is -1.20. The molecule has 0 aromatic heterocycles. The van der Waals surface area contributed by atoms with E-state index in [2.05, 4.69) is 24.1 Å². The molecule has 0 saturated carbocycles. The molecule has 138 valence electrons. The fourth-order valence-electron chi connectivity index (χ4n) is 3.20. The van der Waals surface area contributed by atoms with Crippen LogP contribution in [0.25, 0.3) is 0 Å². The van der Waals surface area contributed by atoms with Gasteiger partial charge in [0.2, 0.25) is 5.91 Å². The Kier molecular flexibility index (Phi) is 6.70. The van der Waals surface area contributed by atoms with E-state index in [1.807, 2.05) is 4.90 Å². The molecule has 1 aromatic carbocycles.